The molecule has 0 bridgehead atoms. The first kappa shape index (κ1) is 32.7. The molecule has 268 valence electrons. The van der Waals surface area contributed by atoms with Crippen LogP contribution in [-0.2, 0) is 0 Å². The first-order chi connectivity index (χ1) is 28.3. The predicted molar refractivity (Wildman–Crippen MR) is 237 cm³/mol. The van der Waals surface area contributed by atoms with Crippen LogP contribution in [0.1, 0.15) is 0 Å². The standard InChI is InChI=1S/C53H35N3O/c1-4-13-36(14-5-1)37-23-28-42(29-24-37)55(43-30-25-39(26-31-43)46-21-12-22-49-52(46)57-53(54-49)40-16-6-2-7-17-40)44-32-34-47-48-33-27-38-15-10-11-20-45(38)51(48)56(50(47)35-44)41-18-8-3-9-19-41/h1-35H. The van der Waals surface area contributed by atoms with Crippen molar-refractivity contribution in [2.75, 3.05) is 4.90 Å². The van der Waals surface area contributed by atoms with Crippen LogP contribution in [0.15, 0.2) is 217 Å². The third-order valence-electron chi connectivity index (χ3n) is 11.0. The van der Waals surface area contributed by atoms with Gasteiger partial charge in [0.25, 0.3) is 0 Å². The zero-order valence-electron chi connectivity index (χ0n) is 31.0. The fourth-order valence-corrected chi connectivity index (χ4v) is 8.30. The van der Waals surface area contributed by atoms with Crippen LogP contribution in [0.5, 0.6) is 0 Å². The summed E-state index contributed by atoms with van der Waals surface area (Å²) in [6, 6.07) is 75.2. The zero-order chi connectivity index (χ0) is 37.7. The maximum absolute atomic E-state index is 6.42. The van der Waals surface area contributed by atoms with Gasteiger partial charge in [0.1, 0.15) is 5.52 Å². The van der Waals surface area contributed by atoms with Crippen LogP contribution < -0.4 is 4.90 Å². The molecule has 2 heterocycles. The lowest BCUT2D eigenvalue weighted by Crippen LogP contribution is -2.10. The molecular formula is C53H35N3O. The molecule has 9 aromatic carbocycles. The lowest BCUT2D eigenvalue weighted by atomic mass is 10.0. The van der Waals surface area contributed by atoms with Gasteiger partial charge in [-0.05, 0) is 88.8 Å². The van der Waals surface area contributed by atoms with Gasteiger partial charge in [-0.2, -0.15) is 0 Å². The Labute approximate surface area is 330 Å². The van der Waals surface area contributed by atoms with E-state index in [1.54, 1.807) is 0 Å². The molecule has 2 aromatic heterocycles. The summed E-state index contributed by atoms with van der Waals surface area (Å²) in [6.07, 6.45) is 0. The van der Waals surface area contributed by atoms with Crippen molar-refractivity contribution in [1.82, 2.24) is 9.55 Å². The van der Waals surface area contributed by atoms with Crippen molar-refractivity contribution in [2.24, 2.45) is 0 Å². The van der Waals surface area contributed by atoms with Crippen molar-refractivity contribution >= 4 is 60.7 Å². The Bertz CT molecular complexity index is 3200. The average Bonchev–Trinajstić information content (AvgIpc) is 3.88. The Balaban J connectivity index is 1.08. The molecule has 0 saturated carbocycles. The van der Waals surface area contributed by atoms with Gasteiger partial charge in [-0.3, -0.25) is 0 Å². The second-order valence-corrected chi connectivity index (χ2v) is 14.4. The van der Waals surface area contributed by atoms with Gasteiger partial charge >= 0.3 is 0 Å². The van der Waals surface area contributed by atoms with Crippen molar-refractivity contribution < 1.29 is 4.42 Å². The molecule has 0 aliphatic carbocycles. The lowest BCUT2D eigenvalue weighted by Gasteiger charge is -2.26. The highest BCUT2D eigenvalue weighted by atomic mass is 16.3. The third-order valence-corrected chi connectivity index (χ3v) is 11.0. The molecule has 57 heavy (non-hydrogen) atoms. The Morgan fingerprint density at radius 3 is 1.75 bits per heavy atom. The molecule has 0 fully saturated rings. The van der Waals surface area contributed by atoms with Crippen LogP contribution in [0.25, 0.3) is 83.1 Å². The minimum absolute atomic E-state index is 0.621. The topological polar surface area (TPSA) is 34.2 Å². The van der Waals surface area contributed by atoms with Crippen LogP contribution in [-0.4, -0.2) is 9.55 Å². The van der Waals surface area contributed by atoms with E-state index in [0.29, 0.717) is 5.89 Å². The molecule has 0 aliphatic heterocycles. The summed E-state index contributed by atoms with van der Waals surface area (Å²) in [6.45, 7) is 0. The van der Waals surface area contributed by atoms with E-state index in [-0.39, 0.29) is 0 Å². The monoisotopic (exact) mass is 729 g/mol. The molecule has 0 saturated heterocycles. The first-order valence-corrected chi connectivity index (χ1v) is 19.3. The number of anilines is 3. The highest BCUT2D eigenvalue weighted by molar-refractivity contribution is 6.19. The van der Waals surface area contributed by atoms with Gasteiger partial charge in [0.15, 0.2) is 5.58 Å². The lowest BCUT2D eigenvalue weighted by molar-refractivity contribution is 0.621. The predicted octanol–water partition coefficient (Wildman–Crippen LogP) is 14.5. The molecule has 0 unspecified atom stereocenters. The first-order valence-electron chi connectivity index (χ1n) is 19.3. The third kappa shape index (κ3) is 5.66. The number of nitrogens with zero attached hydrogens (tertiary/aromatic N) is 3. The summed E-state index contributed by atoms with van der Waals surface area (Å²) in [5, 5.41) is 4.91. The Morgan fingerprint density at radius 1 is 0.421 bits per heavy atom. The van der Waals surface area contributed by atoms with Gasteiger partial charge in [-0.15, -0.1) is 0 Å². The maximum atomic E-state index is 6.42. The van der Waals surface area contributed by atoms with Crippen molar-refractivity contribution in [2.45, 2.75) is 0 Å². The van der Waals surface area contributed by atoms with E-state index in [1.807, 2.05) is 42.5 Å². The van der Waals surface area contributed by atoms with Crippen molar-refractivity contribution in [1.29, 1.82) is 0 Å². The van der Waals surface area contributed by atoms with E-state index in [1.165, 1.54) is 38.2 Å². The van der Waals surface area contributed by atoms with E-state index in [2.05, 4.69) is 179 Å². The van der Waals surface area contributed by atoms with Gasteiger partial charge in [0, 0.05) is 50.0 Å². The van der Waals surface area contributed by atoms with Crippen molar-refractivity contribution in [3.63, 3.8) is 0 Å². The Morgan fingerprint density at radius 2 is 1.02 bits per heavy atom. The minimum atomic E-state index is 0.621. The molecule has 0 amide bonds. The Hall–Kier alpha value is -7.69. The number of benzene rings is 9. The van der Waals surface area contributed by atoms with Crippen LogP contribution in [0.4, 0.5) is 17.1 Å². The quantitative estimate of drug-likeness (QED) is 0.164. The van der Waals surface area contributed by atoms with Crippen LogP contribution in [0.3, 0.4) is 0 Å². The Kier molecular flexibility index (Phi) is 7.78. The molecule has 11 rings (SSSR count). The summed E-state index contributed by atoms with van der Waals surface area (Å²) in [4.78, 5) is 7.19. The average molecular weight is 730 g/mol. The van der Waals surface area contributed by atoms with Gasteiger partial charge < -0.3 is 13.9 Å². The molecule has 4 nitrogen and oxygen atoms in total. The summed E-state index contributed by atoms with van der Waals surface area (Å²) in [7, 11) is 0. The molecule has 11 aromatic rings. The van der Waals surface area contributed by atoms with Gasteiger partial charge in [-0.25, -0.2) is 4.98 Å². The van der Waals surface area contributed by atoms with Gasteiger partial charge in [0.2, 0.25) is 5.89 Å². The van der Waals surface area contributed by atoms with E-state index < -0.39 is 0 Å². The molecule has 0 spiro atoms. The highest BCUT2D eigenvalue weighted by Crippen LogP contribution is 2.42. The number of rotatable bonds is 7. The summed E-state index contributed by atoms with van der Waals surface area (Å²) < 4.78 is 8.85. The minimum Gasteiger partial charge on any atom is -0.435 e. The van der Waals surface area contributed by atoms with Crippen LogP contribution >= 0.6 is 0 Å². The molecule has 0 atom stereocenters. The number of oxazole rings is 1. The van der Waals surface area contributed by atoms with E-state index in [0.717, 1.165) is 56.1 Å². The fourth-order valence-electron chi connectivity index (χ4n) is 8.30. The number of hydrogen-bond donors (Lipinski definition) is 0. The zero-order valence-corrected chi connectivity index (χ0v) is 31.0. The number of para-hydroxylation sites is 2. The van der Waals surface area contributed by atoms with Gasteiger partial charge in [0.05, 0.1) is 11.0 Å². The van der Waals surface area contributed by atoms with E-state index in [9.17, 15) is 0 Å². The number of fused-ring (bicyclic) bond motifs is 6. The van der Waals surface area contributed by atoms with Crippen molar-refractivity contribution in [3.05, 3.63) is 212 Å². The number of hydrogen-bond acceptors (Lipinski definition) is 3. The smallest absolute Gasteiger partial charge is 0.227 e. The van der Waals surface area contributed by atoms with E-state index in [4.69, 9.17) is 9.40 Å². The normalized spacial score (nSPS) is 11.5. The summed E-state index contributed by atoms with van der Waals surface area (Å²) >= 11 is 0. The summed E-state index contributed by atoms with van der Waals surface area (Å²) in [5.74, 6) is 0.621. The fraction of sp³-hybridized carbons (Fsp3) is 0. The largest absolute Gasteiger partial charge is 0.435 e. The SMILES string of the molecule is c1ccc(-c2ccc(N(c3ccc(-c4cccc5nc(-c6ccccc6)oc45)cc3)c3ccc4c5ccc6ccccc6c5n(-c5ccccc5)c4c3)cc2)cc1. The van der Waals surface area contributed by atoms with Crippen molar-refractivity contribution in [3.8, 4) is 39.4 Å². The summed E-state index contributed by atoms with van der Waals surface area (Å²) in [5.41, 5.74) is 13.7. The second-order valence-electron chi connectivity index (χ2n) is 14.4. The molecule has 0 N–H and O–H groups in total. The van der Waals surface area contributed by atoms with Gasteiger partial charge in [-0.1, -0.05) is 146 Å². The van der Waals surface area contributed by atoms with Crippen LogP contribution in [0, 0.1) is 0 Å². The second kappa shape index (κ2) is 13.6. The van der Waals surface area contributed by atoms with E-state index >= 15 is 0 Å². The maximum Gasteiger partial charge on any atom is 0.227 e. The number of aromatic nitrogens is 2. The molecule has 4 heteroatoms. The molecular weight excluding hydrogens is 695 g/mol. The molecule has 0 aliphatic rings. The molecule has 0 radical (unpaired) electrons. The highest BCUT2D eigenvalue weighted by Gasteiger charge is 2.20. The van der Waals surface area contributed by atoms with Crippen LogP contribution in [0.2, 0.25) is 0 Å².